The molecular weight excluding hydrogens is 334 g/mol. The van der Waals surface area contributed by atoms with Gasteiger partial charge in [0.25, 0.3) is 5.91 Å². The lowest BCUT2D eigenvalue weighted by molar-refractivity contribution is 0.0953. The van der Waals surface area contributed by atoms with Gasteiger partial charge in [-0.15, -0.1) is 0 Å². The van der Waals surface area contributed by atoms with Crippen LogP contribution in [0.15, 0.2) is 42.5 Å². The van der Waals surface area contributed by atoms with Gasteiger partial charge in [0.2, 0.25) is 0 Å². The third-order valence-electron chi connectivity index (χ3n) is 5.24. The zero-order valence-corrected chi connectivity index (χ0v) is 16.8. The second kappa shape index (κ2) is 7.99. The molecule has 3 heteroatoms. The van der Waals surface area contributed by atoms with E-state index in [4.69, 9.17) is 4.74 Å². The summed E-state index contributed by atoms with van der Waals surface area (Å²) in [5, 5.41) is 2.91. The summed E-state index contributed by atoms with van der Waals surface area (Å²) in [5.74, 6) is 0.992. The largest absolute Gasteiger partial charge is 0.493 e. The number of rotatable bonds is 5. The van der Waals surface area contributed by atoms with E-state index in [-0.39, 0.29) is 11.3 Å². The van der Waals surface area contributed by atoms with Gasteiger partial charge in [0.1, 0.15) is 5.75 Å². The molecule has 0 saturated carbocycles. The van der Waals surface area contributed by atoms with Gasteiger partial charge >= 0.3 is 0 Å². The molecule has 0 aliphatic carbocycles. The van der Waals surface area contributed by atoms with E-state index >= 15 is 0 Å². The molecule has 2 aromatic rings. The summed E-state index contributed by atoms with van der Waals surface area (Å²) in [6, 6.07) is 14.2. The molecule has 0 unspecified atom stereocenters. The smallest absolute Gasteiger partial charge is 0.251 e. The molecule has 0 saturated heterocycles. The second-order valence-electron chi connectivity index (χ2n) is 7.90. The molecule has 0 radical (unpaired) electrons. The number of amides is 1. The summed E-state index contributed by atoms with van der Waals surface area (Å²) in [4.78, 5) is 12.0. The molecule has 1 aliphatic heterocycles. The Hall–Kier alpha value is -2.55. The number of fused-ring (bicyclic) bond motifs is 1. The number of hydrogen-bond acceptors (Lipinski definition) is 2. The van der Waals surface area contributed by atoms with E-state index in [1.54, 1.807) is 0 Å². The average molecular weight is 364 g/mol. The number of hydrogen-bond donors (Lipinski definition) is 1. The van der Waals surface area contributed by atoms with Crippen molar-refractivity contribution in [1.82, 2.24) is 5.32 Å². The molecule has 142 valence electrons. The molecule has 0 atom stereocenters. The molecule has 1 amide bonds. The molecule has 0 spiro atoms. The normalized spacial score (nSPS) is 15.6. The highest BCUT2D eigenvalue weighted by molar-refractivity contribution is 5.94. The highest BCUT2D eigenvalue weighted by atomic mass is 16.5. The van der Waals surface area contributed by atoms with E-state index in [1.165, 1.54) is 16.7 Å². The first-order valence-corrected chi connectivity index (χ1v) is 9.75. The third-order valence-corrected chi connectivity index (χ3v) is 5.24. The van der Waals surface area contributed by atoms with Crippen LogP contribution in [0.3, 0.4) is 0 Å². The van der Waals surface area contributed by atoms with E-state index in [0.29, 0.717) is 12.1 Å². The van der Waals surface area contributed by atoms with Crippen molar-refractivity contribution in [2.45, 2.75) is 46.0 Å². The van der Waals surface area contributed by atoms with E-state index in [0.717, 1.165) is 30.8 Å². The van der Waals surface area contributed by atoms with Gasteiger partial charge in [-0.25, -0.2) is 0 Å². The van der Waals surface area contributed by atoms with Crippen LogP contribution >= 0.6 is 0 Å². The van der Waals surface area contributed by atoms with Crippen LogP contribution < -0.4 is 10.1 Å². The van der Waals surface area contributed by atoms with E-state index in [2.05, 4.69) is 50.4 Å². The quantitative estimate of drug-likeness (QED) is 0.718. The molecule has 0 fully saturated rings. The van der Waals surface area contributed by atoms with Crippen LogP contribution in [-0.2, 0) is 5.41 Å². The van der Waals surface area contributed by atoms with Crippen molar-refractivity contribution in [1.29, 1.82) is 0 Å². The molecule has 3 nitrogen and oxygen atoms in total. The zero-order valence-electron chi connectivity index (χ0n) is 16.8. The maximum atomic E-state index is 12.0. The summed E-state index contributed by atoms with van der Waals surface area (Å²) < 4.78 is 5.82. The third kappa shape index (κ3) is 4.41. The van der Waals surface area contributed by atoms with Gasteiger partial charge in [-0.1, -0.05) is 45.0 Å². The van der Waals surface area contributed by atoms with Crippen molar-refractivity contribution < 1.29 is 9.53 Å². The standard InChI is InChI=1S/C24H29NO2/c1-5-13-25-23(26)19-8-6-18(7-9-19)15-17(2)20-10-11-22-21(16-20)24(3,4)12-14-27-22/h6-11,15-16H,5,12-14H2,1-4H3,(H,25,26). The van der Waals surface area contributed by atoms with Crippen LogP contribution in [0.2, 0.25) is 0 Å². The van der Waals surface area contributed by atoms with Crippen molar-refractivity contribution >= 4 is 17.6 Å². The SMILES string of the molecule is CCCNC(=O)c1ccc(C=C(C)c2ccc3c(c2)C(C)(C)CCO3)cc1. The van der Waals surface area contributed by atoms with E-state index in [1.807, 2.05) is 31.2 Å². The van der Waals surface area contributed by atoms with Gasteiger partial charge in [0, 0.05) is 17.7 Å². The fraction of sp³-hybridized carbons (Fsp3) is 0.375. The summed E-state index contributed by atoms with van der Waals surface area (Å²) in [6.45, 7) is 10.2. The molecule has 2 aromatic carbocycles. The molecule has 0 bridgehead atoms. The Labute approximate surface area is 162 Å². The van der Waals surface area contributed by atoms with Gasteiger partial charge in [0.15, 0.2) is 0 Å². The zero-order chi connectivity index (χ0) is 19.4. The van der Waals surface area contributed by atoms with E-state index in [9.17, 15) is 4.79 Å². The van der Waals surface area contributed by atoms with Gasteiger partial charge in [-0.3, -0.25) is 4.79 Å². The highest BCUT2D eigenvalue weighted by Gasteiger charge is 2.28. The summed E-state index contributed by atoms with van der Waals surface area (Å²) in [6.07, 6.45) is 4.13. The molecular formula is C24H29NO2. The molecule has 3 rings (SSSR count). The maximum absolute atomic E-state index is 12.0. The maximum Gasteiger partial charge on any atom is 0.251 e. The first kappa shape index (κ1) is 19.2. The molecule has 1 heterocycles. The summed E-state index contributed by atoms with van der Waals surface area (Å²) in [5.41, 5.74) is 5.61. The fourth-order valence-electron chi connectivity index (χ4n) is 3.39. The van der Waals surface area contributed by atoms with Gasteiger partial charge in [0.05, 0.1) is 6.61 Å². The minimum Gasteiger partial charge on any atom is -0.493 e. The Bertz CT molecular complexity index is 847. The predicted molar refractivity (Wildman–Crippen MR) is 112 cm³/mol. The predicted octanol–water partition coefficient (Wildman–Crippen LogP) is 5.45. The molecule has 1 aliphatic rings. The summed E-state index contributed by atoms with van der Waals surface area (Å²) >= 11 is 0. The van der Waals surface area contributed by atoms with Crippen LogP contribution in [0.4, 0.5) is 0 Å². The van der Waals surface area contributed by atoms with Crippen molar-refractivity contribution in [3.63, 3.8) is 0 Å². The van der Waals surface area contributed by atoms with Crippen molar-refractivity contribution in [2.24, 2.45) is 0 Å². The minimum absolute atomic E-state index is 0.0129. The number of carbonyl (C=O) groups excluding carboxylic acids is 1. The monoisotopic (exact) mass is 363 g/mol. The first-order valence-electron chi connectivity index (χ1n) is 9.75. The summed E-state index contributed by atoms with van der Waals surface area (Å²) in [7, 11) is 0. The lowest BCUT2D eigenvalue weighted by Gasteiger charge is -2.32. The van der Waals surface area contributed by atoms with Crippen molar-refractivity contribution in [2.75, 3.05) is 13.2 Å². The second-order valence-corrected chi connectivity index (χ2v) is 7.90. The van der Waals surface area contributed by atoms with Crippen LogP contribution in [0.25, 0.3) is 11.6 Å². The Balaban J connectivity index is 1.81. The van der Waals surface area contributed by atoms with Gasteiger partial charge in [-0.2, -0.15) is 0 Å². The molecule has 0 aromatic heterocycles. The Kier molecular flexibility index (Phi) is 5.69. The molecule has 1 N–H and O–H groups in total. The Morgan fingerprint density at radius 1 is 1.15 bits per heavy atom. The average Bonchev–Trinajstić information content (AvgIpc) is 2.66. The Morgan fingerprint density at radius 2 is 1.85 bits per heavy atom. The lowest BCUT2D eigenvalue weighted by atomic mass is 9.79. The highest BCUT2D eigenvalue weighted by Crippen LogP contribution is 2.39. The topological polar surface area (TPSA) is 38.3 Å². The fourth-order valence-corrected chi connectivity index (χ4v) is 3.39. The van der Waals surface area contributed by atoms with Gasteiger partial charge in [-0.05, 0) is 66.1 Å². The Morgan fingerprint density at radius 3 is 2.56 bits per heavy atom. The van der Waals surface area contributed by atoms with Gasteiger partial charge < -0.3 is 10.1 Å². The van der Waals surface area contributed by atoms with Crippen molar-refractivity contribution in [3.05, 3.63) is 64.7 Å². The van der Waals surface area contributed by atoms with Crippen LogP contribution in [0.1, 0.15) is 67.6 Å². The number of benzene rings is 2. The first-order chi connectivity index (χ1) is 12.9. The number of carbonyl (C=O) groups is 1. The van der Waals surface area contributed by atoms with Crippen molar-refractivity contribution in [3.8, 4) is 5.75 Å². The van der Waals surface area contributed by atoms with Crippen LogP contribution in [-0.4, -0.2) is 19.1 Å². The number of allylic oxidation sites excluding steroid dienone is 1. The van der Waals surface area contributed by atoms with Crippen LogP contribution in [0, 0.1) is 0 Å². The van der Waals surface area contributed by atoms with Crippen LogP contribution in [0.5, 0.6) is 5.75 Å². The lowest BCUT2D eigenvalue weighted by Crippen LogP contribution is -2.26. The minimum atomic E-state index is -0.0129. The number of nitrogens with one attached hydrogen (secondary N) is 1. The molecule has 27 heavy (non-hydrogen) atoms. The van der Waals surface area contributed by atoms with E-state index < -0.39 is 0 Å². The number of ether oxygens (including phenoxy) is 1.